The van der Waals surface area contributed by atoms with Crippen molar-refractivity contribution < 1.29 is 14.2 Å². The summed E-state index contributed by atoms with van der Waals surface area (Å²) < 4.78 is 19.3. The number of halogens is 1. The average molecular weight is 286 g/mol. The van der Waals surface area contributed by atoms with E-state index in [0.717, 1.165) is 36.3 Å². The molecule has 1 heterocycles. The summed E-state index contributed by atoms with van der Waals surface area (Å²) in [6.07, 6.45) is 1.41. The Balaban J connectivity index is 1.67. The molecule has 2 aromatic carbocycles. The molecule has 110 valence electrons. The maximum absolute atomic E-state index is 13.8. The molecule has 3 rings (SSSR count). The van der Waals surface area contributed by atoms with Crippen LogP contribution in [-0.2, 0) is 12.8 Å². The second kappa shape index (κ2) is 5.86. The molecule has 3 heteroatoms. The smallest absolute Gasteiger partial charge is 0.129 e. The van der Waals surface area contributed by atoms with E-state index in [2.05, 4.69) is 6.07 Å². The highest BCUT2D eigenvalue weighted by molar-refractivity contribution is 5.40. The van der Waals surface area contributed by atoms with E-state index in [-0.39, 0.29) is 5.82 Å². The lowest BCUT2D eigenvalue weighted by molar-refractivity contribution is 0.163. The fourth-order valence-corrected chi connectivity index (χ4v) is 2.76. The summed E-state index contributed by atoms with van der Waals surface area (Å²) >= 11 is 0. The Morgan fingerprint density at radius 3 is 2.90 bits per heavy atom. The molecule has 1 aliphatic rings. The second-order valence-corrected chi connectivity index (χ2v) is 5.62. The lowest BCUT2D eigenvalue weighted by Gasteiger charge is -2.13. The minimum Gasteiger partial charge on any atom is -0.493 e. The van der Waals surface area contributed by atoms with Crippen LogP contribution in [0.15, 0.2) is 36.4 Å². The third-order valence-electron chi connectivity index (χ3n) is 3.98. The van der Waals surface area contributed by atoms with Gasteiger partial charge in [0.1, 0.15) is 11.6 Å². The fraction of sp³-hybridized carbons (Fsp3) is 0.333. The van der Waals surface area contributed by atoms with Gasteiger partial charge in [-0.05, 0) is 48.6 Å². The van der Waals surface area contributed by atoms with E-state index < -0.39 is 6.10 Å². The first-order valence-electron chi connectivity index (χ1n) is 7.32. The molecule has 1 unspecified atom stereocenters. The Bertz CT molecular complexity index is 652. The lowest BCUT2D eigenvalue weighted by atomic mass is 9.98. The Morgan fingerprint density at radius 2 is 2.10 bits per heavy atom. The topological polar surface area (TPSA) is 29.5 Å². The van der Waals surface area contributed by atoms with Crippen LogP contribution in [0.3, 0.4) is 0 Å². The Hall–Kier alpha value is -1.87. The first-order valence-corrected chi connectivity index (χ1v) is 7.32. The summed E-state index contributed by atoms with van der Waals surface area (Å²) in [7, 11) is 0. The van der Waals surface area contributed by atoms with Crippen LogP contribution in [0.25, 0.3) is 0 Å². The zero-order valence-corrected chi connectivity index (χ0v) is 12.1. The van der Waals surface area contributed by atoms with Crippen molar-refractivity contribution in [1.82, 2.24) is 0 Å². The standard InChI is InChI=1S/C18H19FO2/c1-12-2-5-15(16(19)10-12)17(20)6-3-13-4-7-18-14(11-13)8-9-21-18/h2,4-5,7,10-11,17,20H,3,6,8-9H2,1H3. The van der Waals surface area contributed by atoms with E-state index in [9.17, 15) is 9.50 Å². The number of hydrogen-bond acceptors (Lipinski definition) is 2. The highest BCUT2D eigenvalue weighted by Gasteiger charge is 2.15. The largest absolute Gasteiger partial charge is 0.493 e. The molecule has 2 nitrogen and oxygen atoms in total. The molecule has 0 spiro atoms. The molecule has 0 fully saturated rings. The van der Waals surface area contributed by atoms with Gasteiger partial charge in [-0.15, -0.1) is 0 Å². The number of benzene rings is 2. The SMILES string of the molecule is Cc1ccc(C(O)CCc2ccc3c(c2)CCO3)c(F)c1. The van der Waals surface area contributed by atoms with Crippen molar-refractivity contribution in [3.05, 3.63) is 64.5 Å². The van der Waals surface area contributed by atoms with Gasteiger partial charge < -0.3 is 9.84 Å². The van der Waals surface area contributed by atoms with Crippen LogP contribution in [0.5, 0.6) is 5.75 Å². The molecule has 0 saturated heterocycles. The molecule has 21 heavy (non-hydrogen) atoms. The molecule has 0 bridgehead atoms. The van der Waals surface area contributed by atoms with Gasteiger partial charge >= 0.3 is 0 Å². The molecule has 2 aromatic rings. The van der Waals surface area contributed by atoms with E-state index in [1.807, 2.05) is 25.1 Å². The molecule has 0 aromatic heterocycles. The zero-order valence-electron chi connectivity index (χ0n) is 12.1. The molecule has 0 radical (unpaired) electrons. The number of ether oxygens (including phenoxy) is 1. The van der Waals surface area contributed by atoms with Gasteiger partial charge in [-0.25, -0.2) is 4.39 Å². The van der Waals surface area contributed by atoms with Crippen molar-refractivity contribution >= 4 is 0 Å². The van der Waals surface area contributed by atoms with Crippen LogP contribution < -0.4 is 4.74 Å². The van der Waals surface area contributed by atoms with E-state index in [1.54, 1.807) is 6.07 Å². The van der Waals surface area contributed by atoms with E-state index in [0.29, 0.717) is 12.0 Å². The van der Waals surface area contributed by atoms with Gasteiger partial charge in [-0.2, -0.15) is 0 Å². The van der Waals surface area contributed by atoms with Gasteiger partial charge in [0, 0.05) is 12.0 Å². The van der Waals surface area contributed by atoms with E-state index in [4.69, 9.17) is 4.74 Å². The van der Waals surface area contributed by atoms with Gasteiger partial charge in [-0.3, -0.25) is 0 Å². The summed E-state index contributed by atoms with van der Waals surface area (Å²) in [4.78, 5) is 0. The number of aliphatic hydroxyl groups excluding tert-OH is 1. The normalized spacial score (nSPS) is 14.6. The van der Waals surface area contributed by atoms with Crippen molar-refractivity contribution in [2.75, 3.05) is 6.61 Å². The third-order valence-corrected chi connectivity index (χ3v) is 3.98. The van der Waals surface area contributed by atoms with Gasteiger partial charge in [-0.1, -0.05) is 24.3 Å². The van der Waals surface area contributed by atoms with Crippen LogP contribution in [0.2, 0.25) is 0 Å². The van der Waals surface area contributed by atoms with Crippen molar-refractivity contribution in [3.8, 4) is 5.75 Å². The fourth-order valence-electron chi connectivity index (χ4n) is 2.76. The molecule has 1 N–H and O–H groups in total. The van der Waals surface area contributed by atoms with Gasteiger partial charge in [0.15, 0.2) is 0 Å². The Kier molecular flexibility index (Phi) is 3.93. The zero-order chi connectivity index (χ0) is 14.8. The van der Waals surface area contributed by atoms with Crippen LogP contribution >= 0.6 is 0 Å². The maximum Gasteiger partial charge on any atom is 0.129 e. The minimum atomic E-state index is -0.768. The van der Waals surface area contributed by atoms with Crippen molar-refractivity contribution in [1.29, 1.82) is 0 Å². The van der Waals surface area contributed by atoms with Crippen molar-refractivity contribution in [2.45, 2.75) is 32.3 Å². The van der Waals surface area contributed by atoms with Gasteiger partial charge in [0.25, 0.3) is 0 Å². The number of aliphatic hydroxyl groups is 1. The quantitative estimate of drug-likeness (QED) is 0.928. The van der Waals surface area contributed by atoms with Crippen LogP contribution in [0.4, 0.5) is 4.39 Å². The first kappa shape index (κ1) is 14.1. The Morgan fingerprint density at radius 1 is 1.24 bits per heavy atom. The molecule has 0 saturated carbocycles. The molecule has 0 aliphatic carbocycles. The predicted molar refractivity (Wildman–Crippen MR) is 80.1 cm³/mol. The second-order valence-electron chi connectivity index (χ2n) is 5.62. The Labute approximate surface area is 124 Å². The van der Waals surface area contributed by atoms with Gasteiger partial charge in [0.05, 0.1) is 12.7 Å². The lowest BCUT2D eigenvalue weighted by Crippen LogP contribution is -2.03. The van der Waals surface area contributed by atoms with Crippen LogP contribution in [0.1, 0.15) is 34.8 Å². The molecule has 1 atom stereocenters. The third kappa shape index (κ3) is 3.08. The first-order chi connectivity index (χ1) is 10.1. The molecular weight excluding hydrogens is 267 g/mol. The summed E-state index contributed by atoms with van der Waals surface area (Å²) in [5.41, 5.74) is 3.63. The van der Waals surface area contributed by atoms with Crippen LogP contribution in [0, 0.1) is 12.7 Å². The predicted octanol–water partition coefficient (Wildman–Crippen LogP) is 3.74. The van der Waals surface area contributed by atoms with Crippen LogP contribution in [-0.4, -0.2) is 11.7 Å². The van der Waals surface area contributed by atoms with Crippen molar-refractivity contribution in [3.63, 3.8) is 0 Å². The summed E-state index contributed by atoms with van der Waals surface area (Å²) in [5, 5.41) is 10.2. The highest BCUT2D eigenvalue weighted by atomic mass is 19.1. The number of hydrogen-bond donors (Lipinski definition) is 1. The molecular formula is C18H19FO2. The van der Waals surface area contributed by atoms with Gasteiger partial charge in [0.2, 0.25) is 0 Å². The summed E-state index contributed by atoms with van der Waals surface area (Å²) in [6.45, 7) is 2.59. The molecule has 1 aliphatic heterocycles. The summed E-state index contributed by atoms with van der Waals surface area (Å²) in [6, 6.07) is 11.1. The van der Waals surface area contributed by atoms with Crippen molar-refractivity contribution in [2.24, 2.45) is 0 Å². The molecule has 0 amide bonds. The minimum absolute atomic E-state index is 0.329. The summed E-state index contributed by atoms with van der Waals surface area (Å²) in [5.74, 6) is 0.633. The highest BCUT2D eigenvalue weighted by Crippen LogP contribution is 2.28. The van der Waals surface area contributed by atoms with E-state index >= 15 is 0 Å². The number of aryl methyl sites for hydroxylation is 2. The maximum atomic E-state index is 13.8. The average Bonchev–Trinajstić information content (AvgIpc) is 2.92. The number of rotatable bonds is 4. The van der Waals surface area contributed by atoms with E-state index in [1.165, 1.54) is 11.6 Å². The monoisotopic (exact) mass is 286 g/mol. The number of fused-ring (bicyclic) bond motifs is 1.